The summed E-state index contributed by atoms with van der Waals surface area (Å²) in [4.78, 5) is 0. The van der Waals surface area contributed by atoms with Crippen molar-refractivity contribution < 1.29 is 4.42 Å². The van der Waals surface area contributed by atoms with E-state index in [1.54, 1.807) is 12.1 Å². The van der Waals surface area contributed by atoms with E-state index in [1.807, 2.05) is 13.0 Å². The molecule has 2 aromatic heterocycles. The van der Waals surface area contributed by atoms with Gasteiger partial charge in [0.15, 0.2) is 0 Å². The molecule has 0 atom stereocenters. The third-order valence-corrected chi connectivity index (χ3v) is 2.51. The average Bonchev–Trinajstić information content (AvgIpc) is 2.83. The summed E-state index contributed by atoms with van der Waals surface area (Å²) in [5.74, 6) is 1.03. The molecule has 0 saturated carbocycles. The van der Waals surface area contributed by atoms with Crippen LogP contribution in [0.2, 0.25) is 0 Å². The van der Waals surface area contributed by atoms with Gasteiger partial charge in [-0.3, -0.25) is 0 Å². The molecule has 5 nitrogen and oxygen atoms in total. The molecular weight excluding hydrogens is 212 g/mol. The van der Waals surface area contributed by atoms with E-state index in [0.717, 1.165) is 10.1 Å². The third-order valence-electron chi connectivity index (χ3n) is 1.71. The molecule has 0 aliphatic carbocycles. The molecule has 2 rings (SSSR count). The van der Waals surface area contributed by atoms with Crippen molar-refractivity contribution in [1.29, 1.82) is 5.26 Å². The van der Waals surface area contributed by atoms with Crippen molar-refractivity contribution in [3.05, 3.63) is 28.7 Å². The molecule has 0 aromatic carbocycles. The van der Waals surface area contributed by atoms with Gasteiger partial charge in [0, 0.05) is 0 Å². The highest BCUT2D eigenvalue weighted by atomic mass is 32.1. The van der Waals surface area contributed by atoms with Crippen molar-refractivity contribution in [1.82, 2.24) is 10.2 Å². The summed E-state index contributed by atoms with van der Waals surface area (Å²) >= 11 is 1.48. The minimum Gasteiger partial charge on any atom is -0.449 e. The molecule has 2 aromatic rings. The van der Waals surface area contributed by atoms with E-state index in [-0.39, 0.29) is 0 Å². The Morgan fingerprint density at radius 2 is 2.40 bits per heavy atom. The van der Waals surface area contributed by atoms with Crippen molar-refractivity contribution in [2.75, 3.05) is 5.32 Å². The zero-order chi connectivity index (χ0) is 10.7. The third kappa shape index (κ3) is 2.33. The summed E-state index contributed by atoms with van der Waals surface area (Å²) in [6.45, 7) is 2.40. The number of hydrogen-bond acceptors (Lipinski definition) is 6. The minimum absolute atomic E-state index is 0.320. The van der Waals surface area contributed by atoms with Crippen LogP contribution in [0.1, 0.15) is 16.5 Å². The molecule has 0 saturated heterocycles. The van der Waals surface area contributed by atoms with Crippen LogP contribution in [0.25, 0.3) is 0 Å². The van der Waals surface area contributed by atoms with Crippen molar-refractivity contribution >= 4 is 16.5 Å². The quantitative estimate of drug-likeness (QED) is 0.855. The number of aryl methyl sites for hydroxylation is 1. The molecule has 76 valence electrons. The van der Waals surface area contributed by atoms with E-state index >= 15 is 0 Å². The predicted molar refractivity (Wildman–Crippen MR) is 55.4 cm³/mol. The first-order chi connectivity index (χ1) is 7.28. The Balaban J connectivity index is 1.96. The van der Waals surface area contributed by atoms with E-state index in [4.69, 9.17) is 9.68 Å². The van der Waals surface area contributed by atoms with Crippen LogP contribution in [0.15, 0.2) is 16.5 Å². The maximum absolute atomic E-state index is 8.56. The first kappa shape index (κ1) is 9.68. The van der Waals surface area contributed by atoms with E-state index < -0.39 is 0 Å². The Kier molecular flexibility index (Phi) is 2.65. The largest absolute Gasteiger partial charge is 0.449 e. The second kappa shape index (κ2) is 4.11. The standard InChI is InChI=1S/C9H8N4OS/c1-6-12-13-9(15-6)11-5-8-3-2-7(4-10)14-8/h2-3H,5H2,1H3,(H,11,13). The van der Waals surface area contributed by atoms with Gasteiger partial charge in [-0.25, -0.2) is 0 Å². The number of hydrogen-bond donors (Lipinski definition) is 1. The summed E-state index contributed by atoms with van der Waals surface area (Å²) in [5, 5.41) is 21.1. The second-order valence-electron chi connectivity index (χ2n) is 2.86. The van der Waals surface area contributed by atoms with Gasteiger partial charge in [-0.1, -0.05) is 11.3 Å². The lowest BCUT2D eigenvalue weighted by Crippen LogP contribution is -1.97. The van der Waals surface area contributed by atoms with Gasteiger partial charge in [-0.15, -0.1) is 10.2 Å². The van der Waals surface area contributed by atoms with Gasteiger partial charge in [0.1, 0.15) is 16.8 Å². The minimum atomic E-state index is 0.320. The van der Waals surface area contributed by atoms with Gasteiger partial charge >= 0.3 is 0 Å². The topological polar surface area (TPSA) is 74.7 Å². The number of nitriles is 1. The summed E-state index contributed by atoms with van der Waals surface area (Å²) in [5.41, 5.74) is 0. The predicted octanol–water partition coefficient (Wildman–Crippen LogP) is 1.92. The van der Waals surface area contributed by atoms with Gasteiger partial charge in [0.2, 0.25) is 10.9 Å². The first-order valence-corrected chi connectivity index (χ1v) is 5.12. The molecule has 0 radical (unpaired) electrons. The van der Waals surface area contributed by atoms with Gasteiger partial charge in [0.25, 0.3) is 0 Å². The molecule has 0 unspecified atom stereocenters. The molecule has 0 aliphatic rings. The first-order valence-electron chi connectivity index (χ1n) is 4.31. The molecule has 0 spiro atoms. The Morgan fingerprint density at radius 1 is 1.53 bits per heavy atom. The van der Waals surface area contributed by atoms with Crippen molar-refractivity contribution in [3.63, 3.8) is 0 Å². The zero-order valence-corrected chi connectivity index (χ0v) is 8.84. The molecular formula is C9H8N4OS. The van der Waals surface area contributed by atoms with Gasteiger partial charge in [0.05, 0.1) is 6.54 Å². The molecule has 2 heterocycles. The molecule has 0 fully saturated rings. The van der Waals surface area contributed by atoms with Crippen LogP contribution in [0.5, 0.6) is 0 Å². The number of furan rings is 1. The fraction of sp³-hybridized carbons (Fsp3) is 0.222. The summed E-state index contributed by atoms with van der Waals surface area (Å²) in [7, 11) is 0. The van der Waals surface area contributed by atoms with Crippen molar-refractivity contribution in [2.24, 2.45) is 0 Å². The number of nitrogens with one attached hydrogen (secondary N) is 1. The molecule has 1 N–H and O–H groups in total. The number of aromatic nitrogens is 2. The van der Waals surface area contributed by atoms with Gasteiger partial charge < -0.3 is 9.73 Å². The lowest BCUT2D eigenvalue weighted by atomic mass is 10.4. The Bertz CT molecular complexity index is 496. The van der Waals surface area contributed by atoms with Crippen molar-refractivity contribution in [2.45, 2.75) is 13.5 Å². The van der Waals surface area contributed by atoms with Crippen LogP contribution in [0.4, 0.5) is 5.13 Å². The van der Waals surface area contributed by atoms with E-state index in [1.165, 1.54) is 11.3 Å². The Morgan fingerprint density at radius 3 is 3.00 bits per heavy atom. The normalized spacial score (nSPS) is 9.87. The molecule has 0 aliphatic heterocycles. The molecule has 0 amide bonds. The van der Waals surface area contributed by atoms with Crippen molar-refractivity contribution in [3.8, 4) is 6.07 Å². The lowest BCUT2D eigenvalue weighted by molar-refractivity contribution is 0.506. The maximum atomic E-state index is 8.56. The van der Waals surface area contributed by atoms with Crippen LogP contribution < -0.4 is 5.32 Å². The Labute approximate surface area is 90.4 Å². The van der Waals surface area contributed by atoms with Crippen LogP contribution >= 0.6 is 11.3 Å². The van der Waals surface area contributed by atoms with Crippen LogP contribution in [0.3, 0.4) is 0 Å². The van der Waals surface area contributed by atoms with E-state index in [2.05, 4.69) is 15.5 Å². The highest BCUT2D eigenvalue weighted by molar-refractivity contribution is 7.15. The van der Waals surface area contributed by atoms with E-state index in [9.17, 15) is 0 Å². The van der Waals surface area contributed by atoms with Gasteiger partial charge in [-0.2, -0.15) is 5.26 Å². The maximum Gasteiger partial charge on any atom is 0.206 e. The fourth-order valence-corrected chi connectivity index (χ4v) is 1.65. The SMILES string of the molecule is Cc1nnc(NCc2ccc(C#N)o2)s1. The van der Waals surface area contributed by atoms with Crippen LogP contribution in [-0.4, -0.2) is 10.2 Å². The number of rotatable bonds is 3. The molecule has 6 heteroatoms. The van der Waals surface area contributed by atoms with Gasteiger partial charge in [-0.05, 0) is 19.1 Å². The summed E-state index contributed by atoms with van der Waals surface area (Å²) < 4.78 is 5.19. The highest BCUT2D eigenvalue weighted by Gasteiger charge is 2.03. The monoisotopic (exact) mass is 220 g/mol. The Hall–Kier alpha value is -1.87. The highest BCUT2D eigenvalue weighted by Crippen LogP contribution is 2.15. The van der Waals surface area contributed by atoms with Crippen LogP contribution in [0, 0.1) is 18.3 Å². The number of nitrogens with zero attached hydrogens (tertiary/aromatic N) is 3. The second-order valence-corrected chi connectivity index (χ2v) is 4.04. The zero-order valence-electron chi connectivity index (χ0n) is 8.02. The average molecular weight is 220 g/mol. The molecule has 0 bridgehead atoms. The smallest absolute Gasteiger partial charge is 0.206 e. The lowest BCUT2D eigenvalue weighted by Gasteiger charge is -1.96. The summed E-state index contributed by atoms with van der Waals surface area (Å²) in [6.07, 6.45) is 0. The fourth-order valence-electron chi connectivity index (χ4n) is 1.06. The van der Waals surface area contributed by atoms with Crippen LogP contribution in [-0.2, 0) is 6.54 Å². The molecule has 15 heavy (non-hydrogen) atoms. The summed E-state index contributed by atoms with van der Waals surface area (Å²) in [6, 6.07) is 5.33. The van der Waals surface area contributed by atoms with E-state index in [0.29, 0.717) is 18.1 Å². The number of anilines is 1.